The Balaban J connectivity index is 1.96. The molecule has 2 fully saturated rings. The average Bonchev–Trinajstić information content (AvgIpc) is 2.26. The third-order valence-corrected chi connectivity index (χ3v) is 4.82. The van der Waals surface area contributed by atoms with E-state index in [2.05, 4.69) is 31.0 Å². The Labute approximate surface area is 117 Å². The molecule has 2 aliphatic rings. The summed E-state index contributed by atoms with van der Waals surface area (Å²) in [5.74, 6) is 1.28. The molecule has 2 rings (SSSR count). The zero-order valence-corrected chi connectivity index (χ0v) is 12.6. The fourth-order valence-corrected chi connectivity index (χ4v) is 3.86. The minimum absolute atomic E-state index is 0.204. The van der Waals surface area contributed by atoms with E-state index in [1.807, 2.05) is 0 Å². The molecule has 1 aliphatic carbocycles. The van der Waals surface area contributed by atoms with Crippen molar-refractivity contribution in [1.82, 2.24) is 10.2 Å². The van der Waals surface area contributed by atoms with E-state index in [4.69, 9.17) is 5.73 Å². The summed E-state index contributed by atoms with van der Waals surface area (Å²) in [5, 5.41) is 3.68. The van der Waals surface area contributed by atoms with Gasteiger partial charge in [-0.05, 0) is 45.4 Å². The third kappa shape index (κ3) is 3.69. The van der Waals surface area contributed by atoms with Gasteiger partial charge in [-0.25, -0.2) is 0 Å². The molecule has 0 aromatic heterocycles. The quantitative estimate of drug-likeness (QED) is 0.790. The second-order valence-electron chi connectivity index (χ2n) is 6.76. The van der Waals surface area contributed by atoms with Gasteiger partial charge < -0.3 is 16.0 Å². The number of rotatable bonds is 5. The van der Waals surface area contributed by atoms with E-state index < -0.39 is 0 Å². The smallest absolute Gasteiger partial charge is 0.218 e. The molecule has 0 aromatic carbocycles. The highest BCUT2D eigenvalue weighted by Crippen LogP contribution is 2.35. The first-order chi connectivity index (χ1) is 8.97. The summed E-state index contributed by atoms with van der Waals surface area (Å²) in [4.78, 5) is 13.6. The molecule has 0 aromatic rings. The first-order valence-corrected chi connectivity index (χ1v) is 7.75. The first kappa shape index (κ1) is 14.8. The maximum atomic E-state index is 11.0. The van der Waals surface area contributed by atoms with Crippen molar-refractivity contribution in [3.05, 3.63) is 0 Å². The lowest BCUT2D eigenvalue weighted by Crippen LogP contribution is -2.59. The molecular formula is C15H29N3O. The number of piperidine rings is 1. The predicted molar refractivity (Wildman–Crippen MR) is 77.7 cm³/mol. The van der Waals surface area contributed by atoms with Crippen LogP contribution < -0.4 is 11.1 Å². The van der Waals surface area contributed by atoms with Crippen molar-refractivity contribution in [3.8, 4) is 0 Å². The van der Waals surface area contributed by atoms with Crippen molar-refractivity contribution in [2.75, 3.05) is 13.1 Å². The molecule has 1 saturated carbocycles. The minimum atomic E-state index is -0.204. The van der Waals surface area contributed by atoms with Gasteiger partial charge in [-0.2, -0.15) is 0 Å². The monoisotopic (exact) mass is 267 g/mol. The molecule has 1 saturated heterocycles. The lowest BCUT2D eigenvalue weighted by atomic mass is 9.73. The summed E-state index contributed by atoms with van der Waals surface area (Å²) in [6.07, 6.45) is 4.45. The van der Waals surface area contributed by atoms with Crippen LogP contribution in [0.25, 0.3) is 0 Å². The van der Waals surface area contributed by atoms with Gasteiger partial charge in [0, 0.05) is 37.6 Å². The normalized spacial score (nSPS) is 33.4. The molecule has 0 radical (unpaired) electrons. The van der Waals surface area contributed by atoms with Crippen molar-refractivity contribution in [3.63, 3.8) is 0 Å². The van der Waals surface area contributed by atoms with E-state index in [0.29, 0.717) is 18.5 Å². The lowest BCUT2D eigenvalue weighted by molar-refractivity contribution is -0.118. The summed E-state index contributed by atoms with van der Waals surface area (Å²) in [5.41, 5.74) is 5.29. The van der Waals surface area contributed by atoms with Gasteiger partial charge in [-0.3, -0.25) is 4.79 Å². The fourth-order valence-electron chi connectivity index (χ4n) is 3.86. The van der Waals surface area contributed by atoms with Crippen LogP contribution in [0.5, 0.6) is 0 Å². The number of nitrogens with zero attached hydrogens (tertiary/aromatic N) is 1. The van der Waals surface area contributed by atoms with Crippen molar-refractivity contribution in [2.45, 2.75) is 64.6 Å². The van der Waals surface area contributed by atoms with Crippen LogP contribution in [0.1, 0.15) is 46.5 Å². The molecule has 110 valence electrons. The number of likely N-dealkylation sites (tertiary alicyclic amines) is 1. The van der Waals surface area contributed by atoms with Crippen LogP contribution in [0.15, 0.2) is 0 Å². The van der Waals surface area contributed by atoms with Gasteiger partial charge in [0.25, 0.3) is 0 Å². The molecule has 1 amide bonds. The number of hydrogen-bond acceptors (Lipinski definition) is 3. The minimum Gasteiger partial charge on any atom is -0.370 e. The Morgan fingerprint density at radius 1 is 1.26 bits per heavy atom. The maximum absolute atomic E-state index is 11.0. The molecule has 1 aliphatic heterocycles. The van der Waals surface area contributed by atoms with E-state index in [0.717, 1.165) is 11.8 Å². The Kier molecular flexibility index (Phi) is 4.85. The summed E-state index contributed by atoms with van der Waals surface area (Å²) >= 11 is 0. The van der Waals surface area contributed by atoms with Crippen molar-refractivity contribution >= 4 is 5.91 Å². The second-order valence-corrected chi connectivity index (χ2v) is 6.76. The first-order valence-electron chi connectivity index (χ1n) is 7.75. The average molecular weight is 267 g/mol. The molecule has 3 unspecified atom stereocenters. The van der Waals surface area contributed by atoms with Crippen molar-refractivity contribution < 1.29 is 4.79 Å². The van der Waals surface area contributed by atoms with Crippen molar-refractivity contribution in [2.24, 2.45) is 17.6 Å². The predicted octanol–water partition coefficient (Wildman–Crippen LogP) is 1.35. The number of hydrogen-bond donors (Lipinski definition) is 2. The number of carbonyl (C=O) groups is 1. The fraction of sp³-hybridized carbons (Fsp3) is 0.933. The summed E-state index contributed by atoms with van der Waals surface area (Å²) < 4.78 is 0. The van der Waals surface area contributed by atoms with E-state index >= 15 is 0 Å². The lowest BCUT2D eigenvalue weighted by Gasteiger charge is -2.49. The zero-order chi connectivity index (χ0) is 14.0. The van der Waals surface area contributed by atoms with Crippen LogP contribution in [0.2, 0.25) is 0 Å². The van der Waals surface area contributed by atoms with Gasteiger partial charge in [0.05, 0.1) is 0 Å². The molecule has 2 bridgehead atoms. The Morgan fingerprint density at radius 2 is 1.84 bits per heavy atom. The van der Waals surface area contributed by atoms with Crippen LogP contribution in [0.3, 0.4) is 0 Å². The van der Waals surface area contributed by atoms with Gasteiger partial charge in [0.1, 0.15) is 0 Å². The largest absolute Gasteiger partial charge is 0.370 e. The number of carbonyl (C=O) groups excluding carboxylic acids is 1. The van der Waals surface area contributed by atoms with E-state index in [1.54, 1.807) is 0 Å². The highest BCUT2D eigenvalue weighted by molar-refractivity contribution is 5.74. The molecule has 1 heterocycles. The van der Waals surface area contributed by atoms with E-state index in [9.17, 15) is 4.79 Å². The highest BCUT2D eigenvalue weighted by Gasteiger charge is 2.40. The number of nitrogens with one attached hydrogen (secondary N) is 1. The molecule has 0 spiro atoms. The van der Waals surface area contributed by atoms with Gasteiger partial charge in [-0.1, -0.05) is 6.42 Å². The summed E-state index contributed by atoms with van der Waals surface area (Å²) in [6.45, 7) is 9.07. The SMILES string of the molecule is CC(CC(N)=O)NC1C2CCCC1CN(C(C)C)C2. The molecule has 4 heteroatoms. The van der Waals surface area contributed by atoms with Crippen LogP contribution >= 0.6 is 0 Å². The molecule has 3 N–H and O–H groups in total. The number of primary amides is 1. The summed E-state index contributed by atoms with van der Waals surface area (Å²) in [6, 6.07) is 1.43. The summed E-state index contributed by atoms with van der Waals surface area (Å²) in [7, 11) is 0. The van der Waals surface area contributed by atoms with Gasteiger partial charge in [0.2, 0.25) is 5.91 Å². The van der Waals surface area contributed by atoms with E-state index in [1.165, 1.54) is 32.4 Å². The molecule has 4 nitrogen and oxygen atoms in total. The Hall–Kier alpha value is -0.610. The molecular weight excluding hydrogens is 238 g/mol. The van der Waals surface area contributed by atoms with E-state index in [-0.39, 0.29) is 11.9 Å². The van der Waals surface area contributed by atoms with Crippen LogP contribution in [-0.4, -0.2) is 42.0 Å². The molecule has 3 atom stereocenters. The van der Waals surface area contributed by atoms with Crippen LogP contribution in [0.4, 0.5) is 0 Å². The van der Waals surface area contributed by atoms with Crippen LogP contribution in [-0.2, 0) is 4.79 Å². The van der Waals surface area contributed by atoms with Crippen molar-refractivity contribution in [1.29, 1.82) is 0 Å². The second kappa shape index (κ2) is 6.23. The van der Waals surface area contributed by atoms with Gasteiger partial charge >= 0.3 is 0 Å². The Bertz CT molecular complexity index is 305. The number of nitrogens with two attached hydrogens (primary N) is 1. The Morgan fingerprint density at radius 3 is 2.32 bits per heavy atom. The number of amides is 1. The standard InChI is InChI=1S/C15H29N3O/c1-10(2)18-8-12-5-4-6-13(9-18)15(12)17-11(3)7-14(16)19/h10-13,15,17H,4-9H2,1-3H3,(H2,16,19). The maximum Gasteiger partial charge on any atom is 0.218 e. The molecule has 19 heavy (non-hydrogen) atoms. The zero-order valence-electron chi connectivity index (χ0n) is 12.6. The topological polar surface area (TPSA) is 58.4 Å². The van der Waals surface area contributed by atoms with Crippen LogP contribution in [0, 0.1) is 11.8 Å². The van der Waals surface area contributed by atoms with Gasteiger partial charge in [0.15, 0.2) is 0 Å². The highest BCUT2D eigenvalue weighted by atomic mass is 16.1. The van der Waals surface area contributed by atoms with Gasteiger partial charge in [-0.15, -0.1) is 0 Å². The third-order valence-electron chi connectivity index (χ3n) is 4.82. The number of fused-ring (bicyclic) bond motifs is 2.